The SMILES string of the molecule is CCc1ccccc1NC(N)=NC(N)=Nc1ccccn1. The summed E-state index contributed by atoms with van der Waals surface area (Å²) in [6, 6.07) is 13.2. The molecule has 0 saturated carbocycles. The number of nitrogens with one attached hydrogen (secondary N) is 1. The van der Waals surface area contributed by atoms with Gasteiger partial charge < -0.3 is 16.8 Å². The van der Waals surface area contributed by atoms with Crippen LogP contribution in [0.3, 0.4) is 0 Å². The lowest BCUT2D eigenvalue weighted by atomic mass is 10.1. The van der Waals surface area contributed by atoms with Crippen LogP contribution in [0.1, 0.15) is 12.5 Å². The molecular weight excluding hydrogens is 264 g/mol. The molecule has 21 heavy (non-hydrogen) atoms. The summed E-state index contributed by atoms with van der Waals surface area (Å²) in [5.74, 6) is 0.723. The maximum absolute atomic E-state index is 5.84. The van der Waals surface area contributed by atoms with Crippen LogP contribution in [0.4, 0.5) is 11.5 Å². The molecule has 5 N–H and O–H groups in total. The zero-order chi connectivity index (χ0) is 15.1. The molecule has 6 heteroatoms. The molecule has 0 aliphatic heterocycles. The number of aliphatic imine (C=N–C) groups is 2. The minimum absolute atomic E-state index is 0.0488. The summed E-state index contributed by atoms with van der Waals surface area (Å²) >= 11 is 0. The van der Waals surface area contributed by atoms with Crippen LogP contribution in [0.25, 0.3) is 0 Å². The van der Waals surface area contributed by atoms with Crippen molar-refractivity contribution >= 4 is 23.4 Å². The number of aryl methyl sites for hydroxylation is 1. The molecule has 0 atom stereocenters. The molecule has 1 aromatic heterocycles. The normalized spacial score (nSPS) is 12.2. The van der Waals surface area contributed by atoms with Crippen LogP contribution in [0.2, 0.25) is 0 Å². The van der Waals surface area contributed by atoms with Crippen LogP contribution >= 0.6 is 0 Å². The fourth-order valence-corrected chi connectivity index (χ4v) is 1.80. The van der Waals surface area contributed by atoms with Crippen molar-refractivity contribution in [3.05, 3.63) is 54.2 Å². The van der Waals surface area contributed by atoms with E-state index in [4.69, 9.17) is 11.5 Å². The zero-order valence-corrected chi connectivity index (χ0v) is 11.8. The Balaban J connectivity index is 2.12. The fourth-order valence-electron chi connectivity index (χ4n) is 1.80. The van der Waals surface area contributed by atoms with Crippen molar-refractivity contribution in [1.82, 2.24) is 4.98 Å². The Hall–Kier alpha value is -2.89. The molecule has 0 aliphatic rings. The Bertz CT molecular complexity index is 648. The van der Waals surface area contributed by atoms with Gasteiger partial charge in [-0.2, -0.15) is 9.98 Å². The predicted octanol–water partition coefficient (Wildman–Crippen LogP) is 2.02. The number of hydrogen-bond donors (Lipinski definition) is 3. The smallest absolute Gasteiger partial charge is 0.225 e. The van der Waals surface area contributed by atoms with Crippen LogP contribution in [0, 0.1) is 0 Å². The highest BCUT2D eigenvalue weighted by Gasteiger charge is 2.01. The average molecular weight is 282 g/mol. The largest absolute Gasteiger partial charge is 0.369 e. The number of hydrogen-bond acceptors (Lipinski definition) is 2. The van der Waals surface area contributed by atoms with Gasteiger partial charge in [0.05, 0.1) is 0 Å². The predicted molar refractivity (Wildman–Crippen MR) is 86.6 cm³/mol. The molecule has 0 bridgehead atoms. The van der Waals surface area contributed by atoms with E-state index < -0.39 is 0 Å². The number of benzene rings is 1. The Morgan fingerprint density at radius 1 is 1.14 bits per heavy atom. The van der Waals surface area contributed by atoms with E-state index in [2.05, 4.69) is 27.2 Å². The van der Waals surface area contributed by atoms with Crippen molar-refractivity contribution in [3.8, 4) is 0 Å². The van der Waals surface area contributed by atoms with Gasteiger partial charge in [0.2, 0.25) is 11.9 Å². The lowest BCUT2D eigenvalue weighted by Gasteiger charge is -2.09. The number of pyridine rings is 1. The summed E-state index contributed by atoms with van der Waals surface area (Å²) in [6.07, 6.45) is 2.53. The van der Waals surface area contributed by atoms with Crippen LogP contribution < -0.4 is 16.8 Å². The van der Waals surface area contributed by atoms with Crippen LogP contribution in [0.5, 0.6) is 0 Å². The molecular formula is C15H18N6. The zero-order valence-electron chi connectivity index (χ0n) is 11.8. The third-order valence-corrected chi connectivity index (χ3v) is 2.77. The molecule has 1 aromatic carbocycles. The lowest BCUT2D eigenvalue weighted by molar-refractivity contribution is 1.14. The van der Waals surface area contributed by atoms with E-state index in [9.17, 15) is 0 Å². The van der Waals surface area contributed by atoms with E-state index in [0.29, 0.717) is 5.82 Å². The number of rotatable bonds is 3. The second kappa shape index (κ2) is 7.04. The summed E-state index contributed by atoms with van der Waals surface area (Å²) < 4.78 is 0. The molecule has 1 heterocycles. The highest BCUT2D eigenvalue weighted by Crippen LogP contribution is 2.14. The fraction of sp³-hybridized carbons (Fsp3) is 0.133. The number of guanidine groups is 2. The van der Waals surface area contributed by atoms with E-state index in [1.807, 2.05) is 30.3 Å². The first-order chi connectivity index (χ1) is 10.2. The molecule has 0 saturated heterocycles. The van der Waals surface area contributed by atoms with Crippen LogP contribution in [-0.2, 0) is 6.42 Å². The van der Waals surface area contributed by atoms with Gasteiger partial charge in [-0.3, -0.25) is 0 Å². The number of nitrogens with zero attached hydrogens (tertiary/aromatic N) is 3. The molecule has 0 aliphatic carbocycles. The molecule has 108 valence electrons. The van der Waals surface area contributed by atoms with Gasteiger partial charge in [-0.25, -0.2) is 4.98 Å². The minimum atomic E-state index is 0.0488. The van der Waals surface area contributed by atoms with E-state index >= 15 is 0 Å². The third kappa shape index (κ3) is 4.31. The highest BCUT2D eigenvalue weighted by atomic mass is 15.2. The van der Waals surface area contributed by atoms with Gasteiger partial charge in [-0.1, -0.05) is 31.2 Å². The maximum Gasteiger partial charge on any atom is 0.225 e. The first-order valence-corrected chi connectivity index (χ1v) is 6.63. The number of para-hydroxylation sites is 1. The van der Waals surface area contributed by atoms with Crippen molar-refractivity contribution in [1.29, 1.82) is 0 Å². The summed E-state index contributed by atoms with van der Waals surface area (Å²) in [5, 5.41) is 3.02. The van der Waals surface area contributed by atoms with Crippen molar-refractivity contribution in [2.45, 2.75) is 13.3 Å². The second-order valence-corrected chi connectivity index (χ2v) is 4.29. The van der Waals surface area contributed by atoms with Gasteiger partial charge in [-0.15, -0.1) is 0 Å². The second-order valence-electron chi connectivity index (χ2n) is 4.29. The van der Waals surface area contributed by atoms with Gasteiger partial charge in [-0.05, 0) is 30.2 Å². The highest BCUT2D eigenvalue weighted by molar-refractivity contribution is 6.01. The van der Waals surface area contributed by atoms with Crippen LogP contribution in [0.15, 0.2) is 58.6 Å². The monoisotopic (exact) mass is 282 g/mol. The van der Waals surface area contributed by atoms with Crippen LogP contribution in [-0.4, -0.2) is 16.9 Å². The van der Waals surface area contributed by atoms with E-state index in [-0.39, 0.29) is 11.9 Å². The van der Waals surface area contributed by atoms with Gasteiger partial charge in [0.25, 0.3) is 0 Å². The van der Waals surface area contributed by atoms with Gasteiger partial charge >= 0.3 is 0 Å². The Morgan fingerprint density at radius 3 is 2.62 bits per heavy atom. The summed E-state index contributed by atoms with van der Waals surface area (Å²) in [4.78, 5) is 12.1. The molecule has 0 fully saturated rings. The van der Waals surface area contributed by atoms with Crippen molar-refractivity contribution in [2.24, 2.45) is 21.5 Å². The van der Waals surface area contributed by atoms with Gasteiger partial charge in [0.15, 0.2) is 5.82 Å². The molecule has 0 radical (unpaired) electrons. The molecule has 0 spiro atoms. The number of aromatic nitrogens is 1. The molecule has 2 rings (SSSR count). The van der Waals surface area contributed by atoms with E-state index in [1.54, 1.807) is 18.3 Å². The van der Waals surface area contributed by atoms with Crippen molar-refractivity contribution < 1.29 is 0 Å². The van der Waals surface area contributed by atoms with Crippen molar-refractivity contribution in [2.75, 3.05) is 5.32 Å². The topological polar surface area (TPSA) is 102 Å². The standard InChI is InChI=1S/C15H18N6/c1-2-11-7-3-4-8-12(11)19-14(16)21-15(17)20-13-9-5-6-10-18-13/h3-10H,2H2,1H3,(H5,16,17,18,19,20,21). The summed E-state index contributed by atoms with van der Waals surface area (Å²) in [6.45, 7) is 2.07. The first-order valence-electron chi connectivity index (χ1n) is 6.63. The quantitative estimate of drug-likeness (QED) is 0.592. The van der Waals surface area contributed by atoms with E-state index in [0.717, 1.165) is 17.7 Å². The molecule has 0 amide bonds. The Labute approximate surface area is 123 Å². The van der Waals surface area contributed by atoms with E-state index in [1.165, 1.54) is 0 Å². The third-order valence-electron chi connectivity index (χ3n) is 2.77. The Kier molecular flexibility index (Phi) is 4.87. The number of anilines is 1. The molecule has 0 unspecified atom stereocenters. The first kappa shape index (κ1) is 14.5. The lowest BCUT2D eigenvalue weighted by Crippen LogP contribution is -2.26. The summed E-state index contributed by atoms with van der Waals surface area (Å²) in [7, 11) is 0. The minimum Gasteiger partial charge on any atom is -0.369 e. The number of nitrogens with two attached hydrogens (primary N) is 2. The molecule has 6 nitrogen and oxygen atoms in total. The average Bonchev–Trinajstić information content (AvgIpc) is 2.48. The van der Waals surface area contributed by atoms with Crippen molar-refractivity contribution in [3.63, 3.8) is 0 Å². The van der Waals surface area contributed by atoms with Gasteiger partial charge in [0.1, 0.15) is 0 Å². The summed E-state index contributed by atoms with van der Waals surface area (Å²) in [5.41, 5.74) is 13.6. The maximum atomic E-state index is 5.84. The van der Waals surface area contributed by atoms with Gasteiger partial charge in [0, 0.05) is 11.9 Å². The molecule has 2 aromatic rings. The Morgan fingerprint density at radius 2 is 1.90 bits per heavy atom.